The zero-order chi connectivity index (χ0) is 18.6. The van der Waals surface area contributed by atoms with Crippen molar-refractivity contribution < 1.29 is 14.7 Å². The summed E-state index contributed by atoms with van der Waals surface area (Å²) in [6.45, 7) is 1.19. The number of hydrogen-bond donors (Lipinski definition) is 3. The van der Waals surface area contributed by atoms with Gasteiger partial charge in [0, 0.05) is 17.7 Å². The van der Waals surface area contributed by atoms with E-state index in [0.717, 1.165) is 16.9 Å². The maximum Gasteiger partial charge on any atom is 0.274 e. The molecule has 0 aromatic heterocycles. The molecule has 1 atom stereocenters. The second kappa shape index (κ2) is 7.61. The Balaban J connectivity index is 1.60. The quantitative estimate of drug-likeness (QED) is 0.491. The first-order chi connectivity index (χ1) is 13.3. The molecule has 0 spiro atoms. The van der Waals surface area contributed by atoms with Crippen LogP contribution in [0.3, 0.4) is 0 Å². The van der Waals surface area contributed by atoms with Gasteiger partial charge in [0.25, 0.3) is 5.91 Å². The highest BCUT2D eigenvalue weighted by molar-refractivity contribution is 5.93. The predicted octanol–water partition coefficient (Wildman–Crippen LogP) is 3.58. The molecule has 27 heavy (non-hydrogen) atoms. The third-order valence-electron chi connectivity index (χ3n) is 4.81. The fourth-order valence-corrected chi connectivity index (χ4v) is 3.40. The highest BCUT2D eigenvalue weighted by atomic mass is 16.5. The molecule has 1 aliphatic rings. The van der Waals surface area contributed by atoms with Gasteiger partial charge in [-0.3, -0.25) is 10.0 Å². The van der Waals surface area contributed by atoms with Gasteiger partial charge in [-0.2, -0.15) is 0 Å². The molecule has 0 saturated heterocycles. The lowest BCUT2D eigenvalue weighted by Gasteiger charge is -2.21. The molecule has 0 radical (unpaired) electrons. The Labute approximate surface area is 157 Å². The molecule has 0 aliphatic carbocycles. The van der Waals surface area contributed by atoms with Crippen molar-refractivity contribution in [2.75, 3.05) is 0 Å². The van der Waals surface area contributed by atoms with Gasteiger partial charge in [-0.15, -0.1) is 0 Å². The zero-order valence-electron chi connectivity index (χ0n) is 14.7. The number of hydroxylamine groups is 1. The summed E-state index contributed by atoms with van der Waals surface area (Å²) >= 11 is 0. The van der Waals surface area contributed by atoms with Crippen LogP contribution >= 0.6 is 0 Å². The fourth-order valence-electron chi connectivity index (χ4n) is 3.40. The van der Waals surface area contributed by atoms with E-state index in [1.54, 1.807) is 17.6 Å². The predicted molar refractivity (Wildman–Crippen MR) is 102 cm³/mol. The lowest BCUT2D eigenvalue weighted by atomic mass is 9.94. The van der Waals surface area contributed by atoms with Crippen molar-refractivity contribution in [1.82, 2.24) is 10.8 Å². The molecule has 4 rings (SSSR count). The van der Waals surface area contributed by atoms with Gasteiger partial charge in [-0.25, -0.2) is 5.48 Å². The number of hydrogen-bond acceptors (Lipinski definition) is 4. The van der Waals surface area contributed by atoms with E-state index in [1.807, 2.05) is 42.5 Å². The average Bonchev–Trinajstić information content (AvgIpc) is 2.89. The minimum Gasteiger partial charge on any atom is -0.489 e. The second-order valence-corrected chi connectivity index (χ2v) is 6.48. The largest absolute Gasteiger partial charge is 0.489 e. The van der Waals surface area contributed by atoms with Crippen LogP contribution in [0.4, 0.5) is 0 Å². The van der Waals surface area contributed by atoms with E-state index in [-0.39, 0.29) is 6.04 Å². The van der Waals surface area contributed by atoms with Crippen LogP contribution in [0.5, 0.6) is 5.75 Å². The van der Waals surface area contributed by atoms with Crippen LogP contribution in [-0.4, -0.2) is 11.1 Å². The van der Waals surface area contributed by atoms with Gasteiger partial charge >= 0.3 is 0 Å². The molecule has 0 saturated carbocycles. The number of ether oxygens (including phenoxy) is 1. The number of rotatable bonds is 4. The van der Waals surface area contributed by atoms with Gasteiger partial charge in [0.05, 0.1) is 6.04 Å². The summed E-state index contributed by atoms with van der Waals surface area (Å²) in [4.78, 5) is 11.5. The van der Waals surface area contributed by atoms with E-state index in [9.17, 15) is 4.79 Å². The lowest BCUT2D eigenvalue weighted by molar-refractivity contribution is 0.0706. The van der Waals surface area contributed by atoms with Gasteiger partial charge in [0.2, 0.25) is 0 Å². The number of carbonyl (C=O) groups is 1. The van der Waals surface area contributed by atoms with Crippen LogP contribution < -0.4 is 15.5 Å². The first-order valence-corrected chi connectivity index (χ1v) is 8.82. The average molecular weight is 360 g/mol. The molecule has 3 aromatic carbocycles. The SMILES string of the molecule is O=C(NO)c1ccc(CNC2c3ccccc3COc3ccccc32)cc1. The molecule has 1 unspecified atom stereocenters. The van der Waals surface area contributed by atoms with E-state index < -0.39 is 5.91 Å². The van der Waals surface area contributed by atoms with Crippen LogP contribution in [-0.2, 0) is 13.2 Å². The summed E-state index contributed by atoms with van der Waals surface area (Å²) in [5.41, 5.74) is 6.59. The molecule has 136 valence electrons. The van der Waals surface area contributed by atoms with Gasteiger partial charge in [0.1, 0.15) is 12.4 Å². The van der Waals surface area contributed by atoms with E-state index in [2.05, 4.69) is 23.5 Å². The van der Waals surface area contributed by atoms with Crippen molar-refractivity contribution >= 4 is 5.91 Å². The molecule has 5 heteroatoms. The molecule has 0 bridgehead atoms. The lowest BCUT2D eigenvalue weighted by Crippen LogP contribution is -2.23. The van der Waals surface area contributed by atoms with Gasteiger partial charge in [0.15, 0.2) is 0 Å². The van der Waals surface area contributed by atoms with Crippen molar-refractivity contribution in [2.24, 2.45) is 0 Å². The summed E-state index contributed by atoms with van der Waals surface area (Å²) in [5, 5.41) is 12.3. The minimum absolute atomic E-state index is 0.0142. The number of benzene rings is 3. The van der Waals surface area contributed by atoms with Crippen LogP contribution in [0.15, 0.2) is 72.8 Å². The standard InChI is InChI=1S/C22H20N2O3/c25-22(24-26)16-11-9-15(10-12-16)13-23-21-18-6-2-1-5-17(18)14-27-20-8-4-3-7-19(20)21/h1-12,21,23,26H,13-14H2,(H,24,25). The maximum atomic E-state index is 11.5. The number of amides is 1. The fraction of sp³-hybridized carbons (Fsp3) is 0.136. The van der Waals surface area contributed by atoms with Crippen LogP contribution in [0.2, 0.25) is 0 Å². The van der Waals surface area contributed by atoms with Crippen molar-refractivity contribution in [2.45, 2.75) is 19.2 Å². The minimum atomic E-state index is -0.515. The highest BCUT2D eigenvalue weighted by Crippen LogP contribution is 2.35. The van der Waals surface area contributed by atoms with Crippen molar-refractivity contribution in [3.8, 4) is 5.75 Å². The molecule has 0 fully saturated rings. The van der Waals surface area contributed by atoms with Gasteiger partial charge in [-0.1, -0.05) is 54.6 Å². The molecule has 3 N–H and O–H groups in total. The number of para-hydroxylation sites is 1. The third kappa shape index (κ3) is 3.56. The summed E-state index contributed by atoms with van der Waals surface area (Å²) in [6, 6.07) is 23.5. The van der Waals surface area contributed by atoms with E-state index >= 15 is 0 Å². The Bertz CT molecular complexity index is 906. The summed E-state index contributed by atoms with van der Waals surface area (Å²) in [6.07, 6.45) is 0. The Hall–Kier alpha value is -3.15. The normalized spacial score (nSPS) is 15.1. The Morgan fingerprint density at radius 3 is 2.44 bits per heavy atom. The molecule has 1 aliphatic heterocycles. The molecule has 5 nitrogen and oxygen atoms in total. The first-order valence-electron chi connectivity index (χ1n) is 8.82. The Morgan fingerprint density at radius 2 is 1.67 bits per heavy atom. The van der Waals surface area contributed by atoms with Crippen LogP contribution in [0.25, 0.3) is 0 Å². The molecule has 1 amide bonds. The third-order valence-corrected chi connectivity index (χ3v) is 4.81. The van der Waals surface area contributed by atoms with E-state index in [0.29, 0.717) is 18.7 Å². The van der Waals surface area contributed by atoms with Crippen LogP contribution in [0, 0.1) is 0 Å². The van der Waals surface area contributed by atoms with E-state index in [4.69, 9.17) is 9.94 Å². The number of nitrogens with one attached hydrogen (secondary N) is 2. The topological polar surface area (TPSA) is 70.6 Å². The zero-order valence-corrected chi connectivity index (χ0v) is 14.7. The molecule has 1 heterocycles. The van der Waals surface area contributed by atoms with Crippen molar-refractivity contribution in [1.29, 1.82) is 0 Å². The van der Waals surface area contributed by atoms with Gasteiger partial charge < -0.3 is 10.1 Å². The van der Waals surface area contributed by atoms with Crippen molar-refractivity contribution in [3.63, 3.8) is 0 Å². The Kier molecular flexibility index (Phi) is 4.87. The highest BCUT2D eigenvalue weighted by Gasteiger charge is 2.23. The summed E-state index contributed by atoms with van der Waals surface area (Å²) < 4.78 is 6.00. The van der Waals surface area contributed by atoms with E-state index in [1.165, 1.54) is 11.1 Å². The number of carbonyl (C=O) groups excluding carboxylic acids is 1. The second-order valence-electron chi connectivity index (χ2n) is 6.48. The summed E-state index contributed by atoms with van der Waals surface area (Å²) in [5.74, 6) is 0.374. The first kappa shape index (κ1) is 17.3. The molecular formula is C22H20N2O3. The maximum absolute atomic E-state index is 11.5. The van der Waals surface area contributed by atoms with Crippen molar-refractivity contribution in [3.05, 3.63) is 101 Å². The molecular weight excluding hydrogens is 340 g/mol. The van der Waals surface area contributed by atoms with Gasteiger partial charge in [-0.05, 0) is 34.9 Å². The Morgan fingerprint density at radius 1 is 0.963 bits per heavy atom. The summed E-state index contributed by atoms with van der Waals surface area (Å²) in [7, 11) is 0. The number of fused-ring (bicyclic) bond motifs is 2. The smallest absolute Gasteiger partial charge is 0.274 e. The van der Waals surface area contributed by atoms with Crippen LogP contribution in [0.1, 0.15) is 38.7 Å². The molecule has 3 aromatic rings. The monoisotopic (exact) mass is 360 g/mol.